The highest BCUT2D eigenvalue weighted by Gasteiger charge is 2.23. The first-order valence-corrected chi connectivity index (χ1v) is 6.75. The fraction of sp³-hybridized carbons (Fsp3) is 0.909. The van der Waals surface area contributed by atoms with Crippen LogP contribution in [0.3, 0.4) is 0 Å². The van der Waals surface area contributed by atoms with Gasteiger partial charge >= 0.3 is 6.09 Å². The van der Waals surface area contributed by atoms with Crippen LogP contribution in [0.25, 0.3) is 0 Å². The third-order valence-electron chi connectivity index (χ3n) is 2.38. The number of rotatable bonds is 1. The molecule has 1 aliphatic carbocycles. The predicted octanol–water partition coefficient (Wildman–Crippen LogP) is 3.26. The van der Waals surface area contributed by atoms with Gasteiger partial charge < -0.3 is 10.1 Å². The van der Waals surface area contributed by atoms with Crippen LogP contribution in [0.4, 0.5) is 4.79 Å². The van der Waals surface area contributed by atoms with E-state index < -0.39 is 5.60 Å². The second-order valence-corrected chi connectivity index (χ2v) is 6.86. The van der Waals surface area contributed by atoms with Crippen LogP contribution in [0.1, 0.15) is 46.5 Å². The van der Waals surface area contributed by atoms with Crippen molar-refractivity contribution in [2.45, 2.75) is 62.0 Å². The molecule has 1 fully saturated rings. The molecule has 0 atom stereocenters. The summed E-state index contributed by atoms with van der Waals surface area (Å²) < 4.78 is 5.99. The van der Waals surface area contributed by atoms with Gasteiger partial charge in [-0.1, -0.05) is 22.6 Å². The van der Waals surface area contributed by atoms with Crippen LogP contribution in [0.5, 0.6) is 0 Å². The molecule has 0 heterocycles. The fourth-order valence-corrected chi connectivity index (χ4v) is 2.39. The second kappa shape index (κ2) is 5.37. The first-order valence-electron chi connectivity index (χ1n) is 5.50. The van der Waals surface area contributed by atoms with Gasteiger partial charge in [0.05, 0.1) is 0 Å². The molecule has 0 aromatic carbocycles. The van der Waals surface area contributed by atoms with Gasteiger partial charge in [-0.2, -0.15) is 0 Å². The highest BCUT2D eigenvalue weighted by molar-refractivity contribution is 14.1. The minimum absolute atomic E-state index is 0.278. The molecule has 0 unspecified atom stereocenters. The molecule has 1 rings (SSSR count). The summed E-state index contributed by atoms with van der Waals surface area (Å²) in [6.45, 7) is 5.65. The van der Waals surface area contributed by atoms with Crippen molar-refractivity contribution in [2.24, 2.45) is 0 Å². The molecule has 15 heavy (non-hydrogen) atoms. The molecule has 1 N–H and O–H groups in total. The number of amides is 1. The van der Waals surface area contributed by atoms with E-state index in [9.17, 15) is 4.79 Å². The Bertz CT molecular complexity index is 217. The molecule has 88 valence electrons. The molecule has 0 saturated heterocycles. The Morgan fingerprint density at radius 1 is 1.27 bits per heavy atom. The van der Waals surface area contributed by atoms with Crippen molar-refractivity contribution in [3.8, 4) is 0 Å². The summed E-state index contributed by atoms with van der Waals surface area (Å²) in [5.74, 6) is 0. The van der Waals surface area contributed by atoms with Gasteiger partial charge in [0.25, 0.3) is 0 Å². The maximum atomic E-state index is 11.5. The Hall–Kier alpha value is 0. The molecule has 0 aliphatic heterocycles. The van der Waals surface area contributed by atoms with E-state index in [1.54, 1.807) is 0 Å². The van der Waals surface area contributed by atoms with Crippen LogP contribution in [0, 0.1) is 0 Å². The van der Waals surface area contributed by atoms with Crippen molar-refractivity contribution in [1.29, 1.82) is 0 Å². The van der Waals surface area contributed by atoms with E-state index in [2.05, 4.69) is 27.9 Å². The zero-order valence-corrected chi connectivity index (χ0v) is 11.8. The molecule has 1 aliphatic rings. The van der Waals surface area contributed by atoms with Gasteiger partial charge in [0.1, 0.15) is 5.60 Å². The normalized spacial score (nSPS) is 27.2. The molecule has 0 bridgehead atoms. The highest BCUT2D eigenvalue weighted by Crippen LogP contribution is 2.24. The maximum Gasteiger partial charge on any atom is 0.407 e. The van der Waals surface area contributed by atoms with Crippen LogP contribution in [0.15, 0.2) is 0 Å². The van der Waals surface area contributed by atoms with E-state index in [4.69, 9.17) is 4.74 Å². The summed E-state index contributed by atoms with van der Waals surface area (Å²) in [7, 11) is 0. The minimum Gasteiger partial charge on any atom is -0.444 e. The fourth-order valence-electron chi connectivity index (χ4n) is 1.67. The number of halogens is 1. The van der Waals surface area contributed by atoms with E-state index in [1.165, 1.54) is 12.8 Å². The number of alkyl carbamates (subject to hydrolysis) is 1. The van der Waals surface area contributed by atoms with E-state index in [-0.39, 0.29) is 6.09 Å². The average molecular weight is 325 g/mol. The van der Waals surface area contributed by atoms with Crippen molar-refractivity contribution in [2.75, 3.05) is 0 Å². The van der Waals surface area contributed by atoms with Gasteiger partial charge in [0, 0.05) is 9.97 Å². The van der Waals surface area contributed by atoms with Crippen LogP contribution in [0.2, 0.25) is 0 Å². The van der Waals surface area contributed by atoms with Crippen LogP contribution in [-0.2, 0) is 4.74 Å². The molecule has 4 heteroatoms. The molecular formula is C11H20INO2. The average Bonchev–Trinajstić information content (AvgIpc) is 2.05. The lowest BCUT2D eigenvalue weighted by Gasteiger charge is -2.27. The molecule has 1 amide bonds. The van der Waals surface area contributed by atoms with Crippen LogP contribution >= 0.6 is 22.6 Å². The smallest absolute Gasteiger partial charge is 0.407 e. The number of alkyl halides is 1. The maximum absolute atomic E-state index is 11.5. The molecular weight excluding hydrogens is 305 g/mol. The van der Waals surface area contributed by atoms with Crippen molar-refractivity contribution in [3.05, 3.63) is 0 Å². The Kier molecular flexibility index (Phi) is 4.67. The third kappa shape index (κ3) is 5.58. The zero-order valence-electron chi connectivity index (χ0n) is 9.68. The van der Waals surface area contributed by atoms with Crippen molar-refractivity contribution in [1.82, 2.24) is 5.32 Å². The third-order valence-corrected chi connectivity index (χ3v) is 3.62. The molecule has 3 nitrogen and oxygen atoms in total. The lowest BCUT2D eigenvalue weighted by Crippen LogP contribution is -2.41. The number of ether oxygens (including phenoxy) is 1. The van der Waals surface area contributed by atoms with E-state index in [1.807, 2.05) is 20.8 Å². The molecule has 0 aromatic rings. The number of hydrogen-bond donors (Lipinski definition) is 1. The van der Waals surface area contributed by atoms with E-state index >= 15 is 0 Å². The Morgan fingerprint density at radius 3 is 2.27 bits per heavy atom. The Morgan fingerprint density at radius 2 is 1.80 bits per heavy atom. The summed E-state index contributed by atoms with van der Waals surface area (Å²) in [4.78, 5) is 11.5. The number of hydrogen-bond acceptors (Lipinski definition) is 2. The number of carbonyl (C=O) groups is 1. The number of carbonyl (C=O) groups excluding carboxylic acids is 1. The summed E-state index contributed by atoms with van der Waals surface area (Å²) >= 11 is 2.48. The Labute approximate surface area is 105 Å². The van der Waals surface area contributed by atoms with Crippen molar-refractivity contribution >= 4 is 28.7 Å². The van der Waals surface area contributed by atoms with Crippen molar-refractivity contribution < 1.29 is 9.53 Å². The Balaban J connectivity index is 2.27. The van der Waals surface area contributed by atoms with Crippen LogP contribution in [-0.4, -0.2) is 21.7 Å². The van der Waals surface area contributed by atoms with Gasteiger partial charge in [0.15, 0.2) is 0 Å². The van der Waals surface area contributed by atoms with Crippen LogP contribution < -0.4 is 5.32 Å². The number of nitrogens with one attached hydrogen (secondary N) is 1. The zero-order chi connectivity index (χ0) is 11.5. The second-order valence-electron chi connectivity index (χ2n) is 5.10. The predicted molar refractivity (Wildman–Crippen MR) is 69.4 cm³/mol. The van der Waals surface area contributed by atoms with Gasteiger partial charge in [-0.25, -0.2) is 4.79 Å². The highest BCUT2D eigenvalue weighted by atomic mass is 127. The van der Waals surface area contributed by atoms with Gasteiger partial charge in [-0.05, 0) is 46.5 Å². The SMILES string of the molecule is CC(C)(C)OC(=O)N[C@H]1CC[C@@H](I)CC1. The lowest BCUT2D eigenvalue weighted by molar-refractivity contribution is 0.0494. The van der Waals surface area contributed by atoms with Gasteiger partial charge in [-0.3, -0.25) is 0 Å². The standard InChI is InChI=1S/C11H20INO2/c1-11(2,3)15-10(14)13-9-6-4-8(12)5-7-9/h8-9H,4-7H2,1-3H3,(H,13,14)/t8-,9+. The molecule has 1 saturated carbocycles. The first kappa shape index (κ1) is 13.1. The molecule has 0 radical (unpaired) electrons. The quantitative estimate of drug-likeness (QED) is 0.594. The van der Waals surface area contributed by atoms with Gasteiger partial charge in [0.2, 0.25) is 0 Å². The van der Waals surface area contributed by atoms with Gasteiger partial charge in [-0.15, -0.1) is 0 Å². The summed E-state index contributed by atoms with van der Waals surface area (Å²) in [5.41, 5.74) is -0.398. The van der Waals surface area contributed by atoms with E-state index in [0.29, 0.717) is 6.04 Å². The summed E-state index contributed by atoms with van der Waals surface area (Å²) in [6, 6.07) is 0.311. The molecule has 0 spiro atoms. The topological polar surface area (TPSA) is 38.3 Å². The van der Waals surface area contributed by atoms with Crippen molar-refractivity contribution in [3.63, 3.8) is 0 Å². The minimum atomic E-state index is -0.398. The van der Waals surface area contributed by atoms with E-state index in [0.717, 1.165) is 16.8 Å². The lowest BCUT2D eigenvalue weighted by atomic mass is 9.96. The molecule has 0 aromatic heterocycles. The summed E-state index contributed by atoms with van der Waals surface area (Å²) in [6.07, 6.45) is 4.27. The summed E-state index contributed by atoms with van der Waals surface area (Å²) in [5, 5.41) is 2.93. The first-order chi connectivity index (χ1) is 6.87. The monoisotopic (exact) mass is 325 g/mol. The largest absolute Gasteiger partial charge is 0.444 e.